The number of phenols is 1. The molecule has 18 heavy (non-hydrogen) atoms. The van der Waals surface area contributed by atoms with Gasteiger partial charge in [0.25, 0.3) is 0 Å². The van der Waals surface area contributed by atoms with E-state index in [1.165, 1.54) is 0 Å². The highest BCUT2D eigenvalue weighted by atomic mass is 35.5. The molecule has 0 radical (unpaired) electrons. The van der Waals surface area contributed by atoms with Gasteiger partial charge in [-0.1, -0.05) is 29.8 Å². The molecular weight excluding hydrogens is 248 g/mol. The van der Waals surface area contributed by atoms with Crippen LogP contribution in [0.15, 0.2) is 48.5 Å². The molecule has 0 aromatic heterocycles. The second-order valence-electron chi connectivity index (χ2n) is 3.88. The molecule has 2 aromatic rings. The van der Waals surface area contributed by atoms with Crippen molar-refractivity contribution >= 4 is 23.0 Å². The van der Waals surface area contributed by atoms with Crippen molar-refractivity contribution in [3.05, 3.63) is 53.6 Å². The van der Waals surface area contributed by atoms with E-state index in [4.69, 9.17) is 11.6 Å². The van der Waals surface area contributed by atoms with E-state index < -0.39 is 0 Å². The molecule has 0 aliphatic rings. The van der Waals surface area contributed by atoms with Gasteiger partial charge in [-0.2, -0.15) is 0 Å². The fourth-order valence-electron chi connectivity index (χ4n) is 1.63. The lowest BCUT2D eigenvalue weighted by molar-refractivity contribution is 0.477. The molecule has 4 heteroatoms. The van der Waals surface area contributed by atoms with E-state index >= 15 is 0 Å². The minimum Gasteiger partial charge on any atom is -0.506 e. The van der Waals surface area contributed by atoms with Crippen LogP contribution in [0.5, 0.6) is 5.75 Å². The number of halogens is 1. The maximum atomic E-state index is 9.56. The number of hydrogen-bond donors (Lipinski definition) is 3. The van der Waals surface area contributed by atoms with Gasteiger partial charge in [0.15, 0.2) is 0 Å². The SMILES string of the molecule is Oc1ccccc1NCCNc1cccc(Cl)c1. The molecule has 3 nitrogen and oxygen atoms in total. The standard InChI is InChI=1S/C14H15ClN2O/c15-11-4-3-5-12(10-11)16-8-9-17-13-6-1-2-7-14(13)18/h1-7,10,16-18H,8-9H2. The lowest BCUT2D eigenvalue weighted by Crippen LogP contribution is -2.13. The highest BCUT2D eigenvalue weighted by molar-refractivity contribution is 6.30. The molecule has 0 saturated heterocycles. The predicted octanol–water partition coefficient (Wildman–Crippen LogP) is 3.57. The molecule has 0 aliphatic carbocycles. The third-order valence-electron chi connectivity index (χ3n) is 2.50. The van der Waals surface area contributed by atoms with Crippen molar-refractivity contribution in [1.29, 1.82) is 0 Å². The average molecular weight is 263 g/mol. The van der Waals surface area contributed by atoms with E-state index in [0.29, 0.717) is 11.6 Å². The third kappa shape index (κ3) is 3.57. The topological polar surface area (TPSA) is 44.3 Å². The summed E-state index contributed by atoms with van der Waals surface area (Å²) in [5.74, 6) is 0.264. The average Bonchev–Trinajstić information content (AvgIpc) is 2.37. The Labute approximate surface area is 111 Å². The Kier molecular flexibility index (Phi) is 4.31. The van der Waals surface area contributed by atoms with Crippen molar-refractivity contribution in [2.75, 3.05) is 23.7 Å². The second kappa shape index (κ2) is 6.17. The first-order valence-corrected chi connectivity index (χ1v) is 6.15. The van der Waals surface area contributed by atoms with Gasteiger partial charge in [-0.05, 0) is 30.3 Å². The molecule has 94 valence electrons. The zero-order valence-corrected chi connectivity index (χ0v) is 10.6. The lowest BCUT2D eigenvalue weighted by atomic mass is 10.3. The summed E-state index contributed by atoms with van der Waals surface area (Å²) in [6.07, 6.45) is 0. The van der Waals surface area contributed by atoms with E-state index in [-0.39, 0.29) is 5.75 Å². The van der Waals surface area contributed by atoms with Gasteiger partial charge in [0, 0.05) is 23.8 Å². The normalized spacial score (nSPS) is 10.1. The van der Waals surface area contributed by atoms with Crippen LogP contribution in [0.4, 0.5) is 11.4 Å². The van der Waals surface area contributed by atoms with Crippen molar-refractivity contribution in [1.82, 2.24) is 0 Å². The Balaban J connectivity index is 1.78. The minimum atomic E-state index is 0.264. The number of benzene rings is 2. The van der Waals surface area contributed by atoms with Crippen LogP contribution in [-0.2, 0) is 0 Å². The third-order valence-corrected chi connectivity index (χ3v) is 2.73. The van der Waals surface area contributed by atoms with E-state index in [9.17, 15) is 5.11 Å². The Hall–Kier alpha value is -1.87. The van der Waals surface area contributed by atoms with Crippen LogP contribution in [0.2, 0.25) is 5.02 Å². The van der Waals surface area contributed by atoms with Gasteiger partial charge < -0.3 is 15.7 Å². The largest absolute Gasteiger partial charge is 0.506 e. The zero-order valence-electron chi connectivity index (χ0n) is 9.86. The molecule has 0 fully saturated rings. The number of anilines is 2. The highest BCUT2D eigenvalue weighted by Crippen LogP contribution is 2.21. The molecule has 0 amide bonds. The van der Waals surface area contributed by atoms with Gasteiger partial charge in [-0.15, -0.1) is 0 Å². The van der Waals surface area contributed by atoms with Crippen molar-refractivity contribution in [3.63, 3.8) is 0 Å². The van der Waals surface area contributed by atoms with Crippen LogP contribution in [0.3, 0.4) is 0 Å². The maximum Gasteiger partial charge on any atom is 0.138 e. The highest BCUT2D eigenvalue weighted by Gasteiger charge is 1.97. The Morgan fingerprint density at radius 3 is 2.50 bits per heavy atom. The van der Waals surface area contributed by atoms with Gasteiger partial charge in [0.05, 0.1) is 5.69 Å². The van der Waals surface area contributed by atoms with Crippen molar-refractivity contribution in [2.45, 2.75) is 0 Å². The van der Waals surface area contributed by atoms with Gasteiger partial charge >= 0.3 is 0 Å². The smallest absolute Gasteiger partial charge is 0.138 e. The monoisotopic (exact) mass is 262 g/mol. The quantitative estimate of drug-likeness (QED) is 0.570. The lowest BCUT2D eigenvalue weighted by Gasteiger charge is -2.10. The van der Waals surface area contributed by atoms with E-state index in [1.54, 1.807) is 12.1 Å². The summed E-state index contributed by atoms with van der Waals surface area (Å²) in [5.41, 5.74) is 1.73. The molecule has 0 unspecified atom stereocenters. The Morgan fingerprint density at radius 2 is 1.72 bits per heavy atom. The molecule has 0 atom stereocenters. The number of hydrogen-bond acceptors (Lipinski definition) is 3. The number of aromatic hydroxyl groups is 1. The molecular formula is C14H15ClN2O. The van der Waals surface area contributed by atoms with Crippen molar-refractivity contribution in [3.8, 4) is 5.75 Å². The van der Waals surface area contributed by atoms with Gasteiger partial charge in [-0.25, -0.2) is 0 Å². The van der Waals surface area contributed by atoms with E-state index in [0.717, 1.165) is 17.9 Å². The fourth-order valence-corrected chi connectivity index (χ4v) is 1.82. The van der Waals surface area contributed by atoms with Crippen molar-refractivity contribution < 1.29 is 5.11 Å². The number of rotatable bonds is 5. The predicted molar refractivity (Wildman–Crippen MR) is 76.5 cm³/mol. The molecule has 0 bridgehead atoms. The van der Waals surface area contributed by atoms with Gasteiger partial charge in [0.2, 0.25) is 0 Å². The van der Waals surface area contributed by atoms with Crippen LogP contribution in [0, 0.1) is 0 Å². The Morgan fingerprint density at radius 1 is 0.944 bits per heavy atom. The van der Waals surface area contributed by atoms with E-state index in [2.05, 4.69) is 10.6 Å². The first-order valence-electron chi connectivity index (χ1n) is 5.77. The first-order chi connectivity index (χ1) is 8.75. The molecule has 3 N–H and O–H groups in total. The molecule has 0 saturated carbocycles. The molecule has 0 aliphatic heterocycles. The number of para-hydroxylation sites is 2. The number of nitrogens with one attached hydrogen (secondary N) is 2. The van der Waals surface area contributed by atoms with Crippen LogP contribution in [0.1, 0.15) is 0 Å². The molecule has 0 heterocycles. The molecule has 2 rings (SSSR count). The van der Waals surface area contributed by atoms with Crippen LogP contribution >= 0.6 is 11.6 Å². The van der Waals surface area contributed by atoms with Crippen LogP contribution in [0.25, 0.3) is 0 Å². The van der Waals surface area contributed by atoms with Crippen LogP contribution in [-0.4, -0.2) is 18.2 Å². The molecule has 2 aromatic carbocycles. The minimum absolute atomic E-state index is 0.264. The van der Waals surface area contributed by atoms with Gasteiger partial charge in [-0.3, -0.25) is 0 Å². The summed E-state index contributed by atoms with van der Waals surface area (Å²) >= 11 is 5.89. The summed E-state index contributed by atoms with van der Waals surface area (Å²) < 4.78 is 0. The fraction of sp³-hybridized carbons (Fsp3) is 0.143. The molecule has 0 spiro atoms. The summed E-state index contributed by atoms with van der Waals surface area (Å²) in [6.45, 7) is 1.46. The summed E-state index contributed by atoms with van der Waals surface area (Å²) in [6, 6.07) is 14.8. The van der Waals surface area contributed by atoms with Crippen molar-refractivity contribution in [2.24, 2.45) is 0 Å². The summed E-state index contributed by atoms with van der Waals surface area (Å²) in [5, 5.41) is 16.7. The second-order valence-corrected chi connectivity index (χ2v) is 4.32. The summed E-state index contributed by atoms with van der Waals surface area (Å²) in [4.78, 5) is 0. The van der Waals surface area contributed by atoms with E-state index in [1.807, 2.05) is 36.4 Å². The number of phenolic OH excluding ortho intramolecular Hbond substituents is 1. The first kappa shape index (κ1) is 12.6. The van der Waals surface area contributed by atoms with Crippen LogP contribution < -0.4 is 10.6 Å². The Bertz CT molecular complexity index is 517. The maximum absolute atomic E-state index is 9.56. The van der Waals surface area contributed by atoms with Gasteiger partial charge in [0.1, 0.15) is 5.75 Å². The summed E-state index contributed by atoms with van der Waals surface area (Å²) in [7, 11) is 0. The zero-order chi connectivity index (χ0) is 12.8.